The van der Waals surface area contributed by atoms with Gasteiger partial charge >= 0.3 is 0 Å². The summed E-state index contributed by atoms with van der Waals surface area (Å²) in [5, 5.41) is 2.33. The number of carbonyl (C=O) groups is 1. The number of sulfonamides is 1. The van der Waals surface area contributed by atoms with Crippen molar-refractivity contribution in [1.29, 1.82) is 0 Å². The first-order valence-corrected chi connectivity index (χ1v) is 12.2. The number of nitrogens with zero attached hydrogens (tertiary/aromatic N) is 1. The van der Waals surface area contributed by atoms with E-state index in [1.54, 1.807) is 6.92 Å². The van der Waals surface area contributed by atoms with Crippen LogP contribution in [-0.4, -0.2) is 40.2 Å². The quantitative estimate of drug-likeness (QED) is 0.461. The zero-order chi connectivity index (χ0) is 26.0. The third-order valence-corrected chi connectivity index (χ3v) is 7.10. The third kappa shape index (κ3) is 5.00. The molecule has 0 aromatic heterocycles. The van der Waals surface area contributed by atoms with Crippen LogP contribution in [0, 0.1) is 23.3 Å². The average molecular weight is 524 g/mol. The molecule has 0 spiro atoms. The molecule has 0 saturated heterocycles. The summed E-state index contributed by atoms with van der Waals surface area (Å²) < 4.78 is 94.2. The van der Waals surface area contributed by atoms with Gasteiger partial charge < -0.3 is 14.8 Å². The third-order valence-electron chi connectivity index (χ3n) is 5.33. The van der Waals surface area contributed by atoms with E-state index in [0.29, 0.717) is 18.7 Å². The number of hydrogen-bond donors (Lipinski definition) is 1. The van der Waals surface area contributed by atoms with Crippen LogP contribution in [0.5, 0.6) is 5.75 Å². The van der Waals surface area contributed by atoms with Gasteiger partial charge in [-0.05, 0) is 55.5 Å². The maximum absolute atomic E-state index is 14.0. The molecule has 7 nitrogen and oxygen atoms in total. The van der Waals surface area contributed by atoms with Crippen molar-refractivity contribution in [2.45, 2.75) is 17.9 Å². The topological polar surface area (TPSA) is 84.9 Å². The van der Waals surface area contributed by atoms with Gasteiger partial charge in [-0.3, -0.25) is 9.10 Å². The molecule has 1 amide bonds. The molecule has 0 radical (unpaired) electrons. The lowest BCUT2D eigenvalue weighted by molar-refractivity contribution is 0.0577. The smallest absolute Gasteiger partial charge is 0.264 e. The SMILES string of the molecule is CCOCC1CN(S(=O)(=O)c2ccc(F)c(F)c2)c2cc(NC(=O)c3c(F)cccc3F)ccc2O1. The zero-order valence-electron chi connectivity index (χ0n) is 18.8. The Labute approximate surface area is 204 Å². The average Bonchev–Trinajstić information content (AvgIpc) is 2.83. The highest BCUT2D eigenvalue weighted by Crippen LogP contribution is 2.39. The van der Waals surface area contributed by atoms with Crippen molar-refractivity contribution in [3.63, 3.8) is 0 Å². The number of carbonyl (C=O) groups excluding carboxylic acids is 1. The number of benzene rings is 3. The van der Waals surface area contributed by atoms with Crippen molar-refractivity contribution in [3.8, 4) is 5.75 Å². The molecule has 0 fully saturated rings. The van der Waals surface area contributed by atoms with Crippen LogP contribution >= 0.6 is 0 Å². The first kappa shape index (κ1) is 25.5. The number of fused-ring (bicyclic) bond motifs is 1. The van der Waals surface area contributed by atoms with E-state index in [2.05, 4.69) is 5.32 Å². The molecule has 0 aliphatic carbocycles. The summed E-state index contributed by atoms with van der Waals surface area (Å²) in [6.07, 6.45) is -0.731. The van der Waals surface area contributed by atoms with Crippen molar-refractivity contribution >= 4 is 27.3 Å². The van der Waals surface area contributed by atoms with Crippen molar-refractivity contribution in [2.75, 3.05) is 29.4 Å². The van der Waals surface area contributed by atoms with E-state index in [0.717, 1.165) is 28.6 Å². The lowest BCUT2D eigenvalue weighted by Gasteiger charge is -2.35. The lowest BCUT2D eigenvalue weighted by atomic mass is 10.1. The minimum atomic E-state index is -4.43. The van der Waals surface area contributed by atoms with Gasteiger partial charge in [-0.15, -0.1) is 0 Å². The van der Waals surface area contributed by atoms with Gasteiger partial charge in [0.05, 0.1) is 23.7 Å². The van der Waals surface area contributed by atoms with Gasteiger partial charge in [-0.1, -0.05) is 6.07 Å². The molecule has 0 bridgehead atoms. The highest BCUT2D eigenvalue weighted by molar-refractivity contribution is 7.92. The number of halogens is 4. The molecule has 1 atom stereocenters. The zero-order valence-corrected chi connectivity index (χ0v) is 19.6. The van der Waals surface area contributed by atoms with E-state index < -0.39 is 55.8 Å². The van der Waals surface area contributed by atoms with Crippen molar-refractivity contribution in [1.82, 2.24) is 0 Å². The number of anilines is 2. The van der Waals surface area contributed by atoms with Gasteiger partial charge in [0.2, 0.25) is 0 Å². The van der Waals surface area contributed by atoms with Gasteiger partial charge in [0.1, 0.15) is 29.1 Å². The molecule has 1 aliphatic heterocycles. The first-order valence-electron chi connectivity index (χ1n) is 10.7. The molecule has 36 heavy (non-hydrogen) atoms. The molecule has 1 aliphatic rings. The Balaban J connectivity index is 1.73. The Bertz CT molecular complexity index is 1400. The van der Waals surface area contributed by atoms with Crippen molar-refractivity contribution in [3.05, 3.63) is 83.4 Å². The maximum atomic E-state index is 14.0. The normalized spacial score (nSPS) is 15.2. The van der Waals surface area contributed by atoms with Gasteiger partial charge in [0.25, 0.3) is 15.9 Å². The van der Waals surface area contributed by atoms with Crippen LogP contribution in [0.3, 0.4) is 0 Å². The molecular weight excluding hydrogens is 504 g/mol. The Morgan fingerprint density at radius 3 is 2.42 bits per heavy atom. The monoisotopic (exact) mass is 524 g/mol. The molecule has 1 unspecified atom stereocenters. The van der Waals surface area contributed by atoms with Crippen LogP contribution < -0.4 is 14.4 Å². The van der Waals surface area contributed by atoms with Gasteiger partial charge in [0, 0.05) is 12.3 Å². The fourth-order valence-electron chi connectivity index (χ4n) is 3.63. The Morgan fingerprint density at radius 2 is 1.75 bits per heavy atom. The number of ether oxygens (including phenoxy) is 2. The largest absolute Gasteiger partial charge is 0.484 e. The second kappa shape index (κ2) is 10.2. The molecule has 12 heteroatoms. The summed E-state index contributed by atoms with van der Waals surface area (Å²) >= 11 is 0. The summed E-state index contributed by atoms with van der Waals surface area (Å²) in [7, 11) is -4.43. The second-order valence-corrected chi connectivity index (χ2v) is 9.61. The number of hydrogen-bond acceptors (Lipinski definition) is 5. The number of amides is 1. The molecule has 1 N–H and O–H groups in total. The minimum absolute atomic E-state index is 0.0127. The first-order chi connectivity index (χ1) is 17.1. The van der Waals surface area contributed by atoms with Crippen LogP contribution in [0.25, 0.3) is 0 Å². The molecular formula is C24H20F4N2O5S. The predicted molar refractivity (Wildman–Crippen MR) is 123 cm³/mol. The van der Waals surface area contributed by atoms with Gasteiger partial charge in [-0.2, -0.15) is 0 Å². The predicted octanol–water partition coefficient (Wildman–Crippen LogP) is 4.49. The van der Waals surface area contributed by atoms with Crippen LogP contribution in [0.1, 0.15) is 17.3 Å². The van der Waals surface area contributed by atoms with E-state index in [4.69, 9.17) is 9.47 Å². The summed E-state index contributed by atoms with van der Waals surface area (Å²) in [6.45, 7) is 1.90. The van der Waals surface area contributed by atoms with Crippen LogP contribution in [0.15, 0.2) is 59.5 Å². The Kier molecular flexibility index (Phi) is 7.18. The highest BCUT2D eigenvalue weighted by atomic mass is 32.2. The molecule has 0 saturated carbocycles. The number of rotatable bonds is 7. The molecule has 3 aromatic carbocycles. The Morgan fingerprint density at radius 1 is 1.03 bits per heavy atom. The molecule has 190 valence electrons. The molecule has 4 rings (SSSR count). The molecule has 3 aromatic rings. The minimum Gasteiger partial charge on any atom is -0.484 e. The fraction of sp³-hybridized carbons (Fsp3) is 0.208. The molecule has 1 heterocycles. The summed E-state index contributed by atoms with van der Waals surface area (Å²) in [5.74, 6) is -5.69. The van der Waals surface area contributed by atoms with E-state index in [9.17, 15) is 30.8 Å². The van der Waals surface area contributed by atoms with Gasteiger partial charge in [0.15, 0.2) is 11.6 Å². The van der Waals surface area contributed by atoms with E-state index >= 15 is 0 Å². The maximum Gasteiger partial charge on any atom is 0.264 e. The fourth-order valence-corrected chi connectivity index (χ4v) is 5.14. The van der Waals surface area contributed by atoms with E-state index in [1.807, 2.05) is 0 Å². The van der Waals surface area contributed by atoms with Crippen LogP contribution in [-0.2, 0) is 14.8 Å². The lowest BCUT2D eigenvalue weighted by Crippen LogP contribution is -2.45. The van der Waals surface area contributed by atoms with Crippen LogP contribution in [0.4, 0.5) is 28.9 Å². The standard InChI is InChI=1S/C24H20F4N2O5S/c1-2-34-13-15-12-30(36(32,33)16-7-8-17(25)20(28)11-16)21-10-14(6-9-22(21)35-15)29-24(31)23-18(26)4-3-5-19(23)27/h3-11,15H,2,12-13H2,1H3,(H,29,31). The van der Waals surface area contributed by atoms with E-state index in [1.165, 1.54) is 18.2 Å². The summed E-state index contributed by atoms with van der Waals surface area (Å²) in [5.41, 5.74) is -0.826. The van der Waals surface area contributed by atoms with Crippen molar-refractivity contribution in [2.24, 2.45) is 0 Å². The summed E-state index contributed by atoms with van der Waals surface area (Å²) in [6, 6.07) is 9.10. The second-order valence-electron chi connectivity index (χ2n) is 7.74. The van der Waals surface area contributed by atoms with E-state index in [-0.39, 0.29) is 30.3 Å². The van der Waals surface area contributed by atoms with Crippen molar-refractivity contribution < 1.29 is 40.2 Å². The summed E-state index contributed by atoms with van der Waals surface area (Å²) in [4.78, 5) is 12.0. The highest BCUT2D eigenvalue weighted by Gasteiger charge is 2.35. The van der Waals surface area contributed by atoms with Gasteiger partial charge in [-0.25, -0.2) is 26.0 Å². The van der Waals surface area contributed by atoms with Crippen LogP contribution in [0.2, 0.25) is 0 Å². The Hall–Kier alpha value is -3.64. The number of nitrogens with one attached hydrogen (secondary N) is 1.